The molecule has 1 aromatic carbocycles. The first-order chi connectivity index (χ1) is 6.19. The van der Waals surface area contributed by atoms with Crippen LogP contribution in [0.1, 0.15) is 23.6 Å². The van der Waals surface area contributed by atoms with Crippen molar-refractivity contribution in [2.75, 3.05) is 0 Å². The van der Waals surface area contributed by atoms with E-state index >= 15 is 0 Å². The molecule has 3 heteroatoms. The van der Waals surface area contributed by atoms with Gasteiger partial charge in [-0.25, -0.2) is 0 Å². The van der Waals surface area contributed by atoms with Crippen molar-refractivity contribution in [1.29, 1.82) is 0 Å². The minimum atomic E-state index is 0.176. The van der Waals surface area contributed by atoms with Gasteiger partial charge in [0.1, 0.15) is 5.75 Å². The number of benzene rings is 1. The number of aromatic hydroxyl groups is 1. The van der Waals surface area contributed by atoms with Gasteiger partial charge in [0.05, 0.1) is 6.21 Å². The predicted molar refractivity (Wildman–Crippen MR) is 51.6 cm³/mol. The van der Waals surface area contributed by atoms with Gasteiger partial charge in [-0.2, -0.15) is 0 Å². The molecule has 0 amide bonds. The van der Waals surface area contributed by atoms with Crippen LogP contribution in [0.4, 0.5) is 0 Å². The van der Waals surface area contributed by atoms with Crippen molar-refractivity contribution in [1.82, 2.24) is 0 Å². The predicted octanol–water partition coefficient (Wildman–Crippen LogP) is 2.07. The minimum absolute atomic E-state index is 0.176. The van der Waals surface area contributed by atoms with Crippen molar-refractivity contribution >= 4 is 6.21 Å². The van der Waals surface area contributed by atoms with E-state index < -0.39 is 0 Å². The van der Waals surface area contributed by atoms with E-state index in [2.05, 4.69) is 5.16 Å². The van der Waals surface area contributed by atoms with Crippen molar-refractivity contribution in [2.45, 2.75) is 20.3 Å². The number of phenolic OH excluding ortho intramolecular Hbond substituents is 1. The number of hydrogen-bond donors (Lipinski definition) is 2. The number of phenols is 1. The molecule has 0 aliphatic rings. The van der Waals surface area contributed by atoms with E-state index in [0.717, 1.165) is 17.5 Å². The summed E-state index contributed by atoms with van der Waals surface area (Å²) in [7, 11) is 0. The monoisotopic (exact) mass is 179 g/mol. The van der Waals surface area contributed by atoms with Crippen LogP contribution in [0.25, 0.3) is 0 Å². The zero-order valence-electron chi connectivity index (χ0n) is 7.78. The third-order valence-corrected chi connectivity index (χ3v) is 1.99. The highest BCUT2D eigenvalue weighted by molar-refractivity contribution is 5.84. The second-order valence-electron chi connectivity index (χ2n) is 2.95. The Morgan fingerprint density at radius 2 is 2.15 bits per heavy atom. The zero-order chi connectivity index (χ0) is 9.84. The molecular formula is C10H13NO2. The van der Waals surface area contributed by atoms with Crippen molar-refractivity contribution in [2.24, 2.45) is 5.16 Å². The van der Waals surface area contributed by atoms with E-state index in [0.29, 0.717) is 5.56 Å². The Kier molecular flexibility index (Phi) is 2.90. The molecule has 0 bridgehead atoms. The number of rotatable bonds is 2. The maximum absolute atomic E-state index is 9.55. The molecule has 0 aromatic heterocycles. The summed E-state index contributed by atoms with van der Waals surface area (Å²) in [6.07, 6.45) is 2.13. The summed E-state index contributed by atoms with van der Waals surface area (Å²) < 4.78 is 0. The van der Waals surface area contributed by atoms with Crippen LogP contribution < -0.4 is 0 Å². The quantitative estimate of drug-likeness (QED) is 0.415. The van der Waals surface area contributed by atoms with Crippen LogP contribution in [0.2, 0.25) is 0 Å². The van der Waals surface area contributed by atoms with Crippen molar-refractivity contribution in [3.05, 3.63) is 28.8 Å². The number of oxime groups is 1. The molecule has 70 valence electrons. The Labute approximate surface area is 77.3 Å². The van der Waals surface area contributed by atoms with Gasteiger partial charge in [-0.3, -0.25) is 0 Å². The van der Waals surface area contributed by atoms with E-state index in [1.54, 1.807) is 0 Å². The number of nitrogens with zero attached hydrogens (tertiary/aromatic N) is 1. The first-order valence-electron chi connectivity index (χ1n) is 4.19. The normalized spacial score (nSPS) is 10.9. The Morgan fingerprint density at radius 3 is 2.69 bits per heavy atom. The summed E-state index contributed by atoms with van der Waals surface area (Å²) >= 11 is 0. The Morgan fingerprint density at radius 1 is 1.46 bits per heavy atom. The van der Waals surface area contributed by atoms with Crippen LogP contribution in [0.3, 0.4) is 0 Å². The Balaban J connectivity index is 3.24. The SMILES string of the molecule is CCc1cc(C)c(O)c(/C=N\O)c1. The van der Waals surface area contributed by atoms with E-state index in [4.69, 9.17) is 5.21 Å². The van der Waals surface area contributed by atoms with Crippen LogP contribution in [0, 0.1) is 6.92 Å². The van der Waals surface area contributed by atoms with Crippen LogP contribution in [0.5, 0.6) is 5.75 Å². The van der Waals surface area contributed by atoms with Crippen LogP contribution >= 0.6 is 0 Å². The van der Waals surface area contributed by atoms with Gasteiger partial charge in [0.15, 0.2) is 0 Å². The molecule has 1 rings (SSSR count). The molecule has 3 nitrogen and oxygen atoms in total. The largest absolute Gasteiger partial charge is 0.507 e. The first-order valence-corrected chi connectivity index (χ1v) is 4.19. The minimum Gasteiger partial charge on any atom is -0.507 e. The molecule has 0 radical (unpaired) electrons. The lowest BCUT2D eigenvalue weighted by Crippen LogP contribution is -1.90. The third-order valence-electron chi connectivity index (χ3n) is 1.99. The van der Waals surface area contributed by atoms with Crippen LogP contribution in [0.15, 0.2) is 17.3 Å². The standard InChI is InChI=1S/C10H13NO2/c1-3-8-4-7(2)10(12)9(5-8)6-11-13/h4-6,12-13H,3H2,1-2H3/b11-6-. The Bertz CT molecular complexity index is 332. The topological polar surface area (TPSA) is 52.8 Å². The fourth-order valence-corrected chi connectivity index (χ4v) is 1.25. The molecule has 0 fully saturated rings. The number of aryl methyl sites for hydroxylation is 2. The highest BCUT2D eigenvalue weighted by Crippen LogP contribution is 2.22. The molecule has 0 aliphatic carbocycles. The lowest BCUT2D eigenvalue weighted by Gasteiger charge is -2.05. The maximum Gasteiger partial charge on any atom is 0.127 e. The van der Waals surface area contributed by atoms with Crippen LogP contribution in [-0.4, -0.2) is 16.5 Å². The summed E-state index contributed by atoms with van der Waals surface area (Å²) in [5.41, 5.74) is 2.47. The smallest absolute Gasteiger partial charge is 0.127 e. The highest BCUT2D eigenvalue weighted by atomic mass is 16.4. The van der Waals surface area contributed by atoms with Crippen molar-refractivity contribution in [3.63, 3.8) is 0 Å². The van der Waals surface area contributed by atoms with Crippen molar-refractivity contribution < 1.29 is 10.3 Å². The van der Waals surface area contributed by atoms with Gasteiger partial charge in [-0.05, 0) is 30.5 Å². The second kappa shape index (κ2) is 3.94. The molecule has 0 saturated carbocycles. The molecule has 0 saturated heterocycles. The van der Waals surface area contributed by atoms with Gasteiger partial charge in [0.2, 0.25) is 0 Å². The summed E-state index contributed by atoms with van der Waals surface area (Å²) in [5, 5.41) is 20.8. The fourth-order valence-electron chi connectivity index (χ4n) is 1.25. The average molecular weight is 179 g/mol. The lowest BCUT2D eigenvalue weighted by atomic mass is 10.0. The molecule has 0 atom stereocenters. The number of hydrogen-bond acceptors (Lipinski definition) is 3. The second-order valence-corrected chi connectivity index (χ2v) is 2.95. The molecule has 0 unspecified atom stereocenters. The lowest BCUT2D eigenvalue weighted by molar-refractivity contribution is 0.321. The van der Waals surface area contributed by atoms with Crippen molar-refractivity contribution in [3.8, 4) is 5.75 Å². The van der Waals surface area contributed by atoms with E-state index in [1.807, 2.05) is 26.0 Å². The maximum atomic E-state index is 9.55. The average Bonchev–Trinajstić information content (AvgIpc) is 2.13. The van der Waals surface area contributed by atoms with Gasteiger partial charge >= 0.3 is 0 Å². The van der Waals surface area contributed by atoms with E-state index in [1.165, 1.54) is 6.21 Å². The molecule has 13 heavy (non-hydrogen) atoms. The summed E-state index contributed by atoms with van der Waals surface area (Å²) in [5.74, 6) is 0.176. The van der Waals surface area contributed by atoms with Gasteiger partial charge in [-0.15, -0.1) is 0 Å². The van der Waals surface area contributed by atoms with E-state index in [-0.39, 0.29) is 5.75 Å². The molecule has 0 heterocycles. The van der Waals surface area contributed by atoms with Crippen LogP contribution in [-0.2, 0) is 6.42 Å². The first kappa shape index (κ1) is 9.58. The molecule has 0 spiro atoms. The van der Waals surface area contributed by atoms with Gasteiger partial charge in [-0.1, -0.05) is 18.1 Å². The van der Waals surface area contributed by atoms with Gasteiger partial charge in [0, 0.05) is 5.56 Å². The van der Waals surface area contributed by atoms with E-state index in [9.17, 15) is 5.11 Å². The zero-order valence-corrected chi connectivity index (χ0v) is 7.78. The summed E-state index contributed by atoms with van der Waals surface area (Å²) in [4.78, 5) is 0. The fraction of sp³-hybridized carbons (Fsp3) is 0.300. The summed E-state index contributed by atoms with van der Waals surface area (Å²) in [6.45, 7) is 3.86. The molecule has 1 aromatic rings. The molecule has 0 aliphatic heterocycles. The molecule has 2 N–H and O–H groups in total. The Hall–Kier alpha value is -1.51. The third kappa shape index (κ3) is 1.99. The highest BCUT2D eigenvalue weighted by Gasteiger charge is 2.04. The van der Waals surface area contributed by atoms with Gasteiger partial charge in [0.25, 0.3) is 0 Å². The van der Waals surface area contributed by atoms with Gasteiger partial charge < -0.3 is 10.3 Å². The molecular weight excluding hydrogens is 166 g/mol. The summed E-state index contributed by atoms with van der Waals surface area (Å²) in [6, 6.07) is 3.73.